The van der Waals surface area contributed by atoms with E-state index in [0.717, 1.165) is 5.69 Å². The third-order valence-corrected chi connectivity index (χ3v) is 6.33. The molecular weight excluding hydrogens is 418 g/mol. The number of hydrogen-bond donors (Lipinski definition) is 2. The first-order valence-corrected chi connectivity index (χ1v) is 10.2. The summed E-state index contributed by atoms with van der Waals surface area (Å²) >= 11 is 0. The molecule has 2 aliphatic heterocycles. The number of aromatic nitrogens is 5. The van der Waals surface area contributed by atoms with E-state index in [4.69, 9.17) is 4.74 Å². The summed E-state index contributed by atoms with van der Waals surface area (Å²) in [6.45, 7) is 4.08. The SMILES string of the molecule is C=C(c1ncc(-c2ccc(-n3ccnc3)cc2O)nn1)[C@H]1C[C@H]2N[C@H](CC2(F)F)[C@@H]1OC. The molecule has 32 heavy (non-hydrogen) atoms. The van der Waals surface area contributed by atoms with Gasteiger partial charge in [0.15, 0.2) is 5.82 Å². The molecule has 3 aromatic rings. The molecule has 0 amide bonds. The van der Waals surface area contributed by atoms with E-state index in [-0.39, 0.29) is 30.3 Å². The summed E-state index contributed by atoms with van der Waals surface area (Å²) in [7, 11) is 1.52. The van der Waals surface area contributed by atoms with E-state index in [1.807, 2.05) is 6.07 Å². The zero-order valence-electron chi connectivity index (χ0n) is 17.3. The average molecular weight is 440 g/mol. The highest BCUT2D eigenvalue weighted by Gasteiger charge is 2.57. The zero-order valence-corrected chi connectivity index (χ0v) is 17.3. The summed E-state index contributed by atoms with van der Waals surface area (Å²) in [6, 6.07) is 3.77. The number of piperidine rings is 1. The second-order valence-corrected chi connectivity index (χ2v) is 8.20. The van der Waals surface area contributed by atoms with Gasteiger partial charge in [0.05, 0.1) is 30.4 Å². The van der Waals surface area contributed by atoms with Gasteiger partial charge < -0.3 is 19.7 Å². The molecule has 2 aromatic heterocycles. The molecule has 5 rings (SSSR count). The Morgan fingerprint density at radius 3 is 2.84 bits per heavy atom. The fourth-order valence-electron chi connectivity index (χ4n) is 4.68. The predicted octanol–water partition coefficient (Wildman–Crippen LogP) is 2.84. The summed E-state index contributed by atoms with van der Waals surface area (Å²) < 4.78 is 35.8. The average Bonchev–Trinajstić information content (AvgIpc) is 3.40. The van der Waals surface area contributed by atoms with Gasteiger partial charge in [-0.25, -0.2) is 18.7 Å². The molecule has 4 heterocycles. The number of rotatable bonds is 5. The lowest BCUT2D eigenvalue weighted by atomic mass is 9.83. The lowest BCUT2D eigenvalue weighted by Crippen LogP contribution is -2.51. The molecule has 0 saturated carbocycles. The number of nitrogens with zero attached hydrogens (tertiary/aromatic N) is 5. The van der Waals surface area contributed by atoms with Gasteiger partial charge in [0.25, 0.3) is 5.92 Å². The van der Waals surface area contributed by atoms with Gasteiger partial charge in [0.2, 0.25) is 0 Å². The van der Waals surface area contributed by atoms with Crippen LogP contribution in [0.4, 0.5) is 8.78 Å². The number of ether oxygens (including phenoxy) is 1. The van der Waals surface area contributed by atoms with E-state index in [1.54, 1.807) is 35.4 Å². The molecule has 0 aliphatic carbocycles. The number of methoxy groups -OCH3 is 1. The van der Waals surface area contributed by atoms with Crippen molar-refractivity contribution in [2.75, 3.05) is 7.11 Å². The molecule has 2 N–H and O–H groups in total. The van der Waals surface area contributed by atoms with Gasteiger partial charge in [-0.2, -0.15) is 0 Å². The largest absolute Gasteiger partial charge is 0.507 e. The molecule has 0 radical (unpaired) electrons. The normalized spacial score (nSPS) is 26.2. The molecule has 0 spiro atoms. The van der Waals surface area contributed by atoms with Crippen molar-refractivity contribution in [3.63, 3.8) is 0 Å². The lowest BCUT2D eigenvalue weighted by molar-refractivity contribution is -0.0153. The third kappa shape index (κ3) is 3.45. The van der Waals surface area contributed by atoms with Crippen molar-refractivity contribution in [1.29, 1.82) is 0 Å². The number of benzene rings is 1. The van der Waals surface area contributed by atoms with Gasteiger partial charge >= 0.3 is 0 Å². The minimum absolute atomic E-state index is 0.0236. The van der Waals surface area contributed by atoms with E-state index in [0.29, 0.717) is 16.8 Å². The first-order chi connectivity index (χ1) is 15.4. The Morgan fingerprint density at radius 2 is 2.19 bits per heavy atom. The van der Waals surface area contributed by atoms with E-state index < -0.39 is 24.1 Å². The molecule has 10 heteroatoms. The van der Waals surface area contributed by atoms with Gasteiger partial charge in [-0.1, -0.05) is 6.58 Å². The Balaban J connectivity index is 1.37. The highest BCUT2D eigenvalue weighted by Crippen LogP contribution is 2.45. The van der Waals surface area contributed by atoms with E-state index in [1.165, 1.54) is 13.3 Å². The van der Waals surface area contributed by atoms with E-state index in [2.05, 4.69) is 32.1 Å². The third-order valence-electron chi connectivity index (χ3n) is 6.33. The number of phenolic OH excluding ortho intramolecular Hbond substituents is 1. The monoisotopic (exact) mass is 440 g/mol. The van der Waals surface area contributed by atoms with Gasteiger partial charge in [-0.15, -0.1) is 10.2 Å². The number of nitrogens with one attached hydrogen (secondary N) is 1. The maximum Gasteiger partial charge on any atom is 0.264 e. The minimum Gasteiger partial charge on any atom is -0.507 e. The van der Waals surface area contributed by atoms with Gasteiger partial charge in [0.1, 0.15) is 11.4 Å². The molecule has 166 valence electrons. The highest BCUT2D eigenvalue weighted by atomic mass is 19.3. The minimum atomic E-state index is -2.78. The summed E-state index contributed by atoms with van der Waals surface area (Å²) in [6.07, 6.45) is 6.02. The van der Waals surface area contributed by atoms with Crippen molar-refractivity contribution in [2.24, 2.45) is 5.92 Å². The number of imidazole rings is 1. The first kappa shape index (κ1) is 20.7. The molecular formula is C22H22F2N6O2. The Bertz CT molecular complexity index is 1140. The molecule has 4 atom stereocenters. The van der Waals surface area contributed by atoms with Crippen LogP contribution < -0.4 is 5.32 Å². The number of hydrogen-bond acceptors (Lipinski definition) is 7. The van der Waals surface area contributed by atoms with Crippen LogP contribution in [0.5, 0.6) is 5.75 Å². The number of aromatic hydroxyl groups is 1. The zero-order chi connectivity index (χ0) is 22.5. The topological polar surface area (TPSA) is 98.0 Å². The van der Waals surface area contributed by atoms with Crippen molar-refractivity contribution in [3.05, 3.63) is 55.5 Å². The molecule has 2 bridgehead atoms. The van der Waals surface area contributed by atoms with Gasteiger partial charge in [-0.05, 0) is 24.1 Å². The van der Waals surface area contributed by atoms with Gasteiger partial charge in [-0.3, -0.25) is 0 Å². The smallest absolute Gasteiger partial charge is 0.264 e. The van der Waals surface area contributed by atoms with Crippen molar-refractivity contribution >= 4 is 5.57 Å². The van der Waals surface area contributed by atoms with Crippen LogP contribution in [0.3, 0.4) is 0 Å². The van der Waals surface area contributed by atoms with Crippen LogP contribution in [0.15, 0.2) is 49.7 Å². The van der Waals surface area contributed by atoms with E-state index in [9.17, 15) is 13.9 Å². The van der Waals surface area contributed by atoms with Crippen LogP contribution in [0.2, 0.25) is 0 Å². The molecule has 1 aromatic carbocycles. The Hall–Kier alpha value is -3.24. The Morgan fingerprint density at radius 1 is 1.34 bits per heavy atom. The Kier molecular flexibility index (Phi) is 4.98. The van der Waals surface area contributed by atoms with Crippen LogP contribution in [0.1, 0.15) is 18.7 Å². The highest BCUT2D eigenvalue weighted by molar-refractivity contribution is 5.68. The maximum atomic E-state index is 14.2. The summed E-state index contributed by atoms with van der Waals surface area (Å²) in [5.74, 6) is -2.82. The summed E-state index contributed by atoms with van der Waals surface area (Å²) in [5.41, 5.74) is 2.12. The van der Waals surface area contributed by atoms with Gasteiger partial charge in [0, 0.05) is 49.5 Å². The molecule has 2 saturated heterocycles. The van der Waals surface area contributed by atoms with Crippen LogP contribution in [0.25, 0.3) is 22.5 Å². The number of fused-ring (bicyclic) bond motifs is 2. The van der Waals surface area contributed by atoms with Crippen molar-refractivity contribution in [3.8, 4) is 22.7 Å². The van der Waals surface area contributed by atoms with Crippen molar-refractivity contribution in [1.82, 2.24) is 30.0 Å². The van der Waals surface area contributed by atoms with Crippen LogP contribution in [-0.2, 0) is 4.74 Å². The second-order valence-electron chi connectivity index (χ2n) is 8.20. The van der Waals surface area contributed by atoms with Crippen molar-refractivity contribution < 1.29 is 18.6 Å². The standard InChI is InChI=1S/C22H22F2N6O2/c1-12(15-8-19-22(23,24)9-16(27-19)20(15)32-2)21-26-10-17(28-29-21)14-4-3-13(7-18(14)31)30-6-5-25-11-30/h3-7,10-11,15-16,19-20,27,31H,1,8-9H2,2H3/t15-,16-,19-,20-/m1/s1. The van der Waals surface area contributed by atoms with Crippen molar-refractivity contribution in [2.45, 2.75) is 37.0 Å². The maximum absolute atomic E-state index is 14.2. The van der Waals surface area contributed by atoms with Crippen LogP contribution in [0, 0.1) is 5.92 Å². The predicted molar refractivity (Wildman–Crippen MR) is 112 cm³/mol. The lowest BCUT2D eigenvalue weighted by Gasteiger charge is -2.36. The molecule has 2 fully saturated rings. The molecule has 2 aliphatic rings. The van der Waals surface area contributed by atoms with Crippen LogP contribution >= 0.6 is 0 Å². The quantitative estimate of drug-likeness (QED) is 0.630. The summed E-state index contributed by atoms with van der Waals surface area (Å²) in [4.78, 5) is 8.35. The van der Waals surface area contributed by atoms with Crippen LogP contribution in [-0.4, -0.2) is 61.1 Å². The fraction of sp³-hybridized carbons (Fsp3) is 0.364. The molecule has 8 nitrogen and oxygen atoms in total. The number of phenols is 1. The van der Waals surface area contributed by atoms with E-state index >= 15 is 0 Å². The number of alkyl halides is 2. The summed E-state index contributed by atoms with van der Waals surface area (Å²) in [5, 5.41) is 21.8. The second kappa shape index (κ2) is 7.72. The molecule has 0 unspecified atom stereocenters. The number of halogens is 2. The Labute approximate surface area is 183 Å². The first-order valence-electron chi connectivity index (χ1n) is 10.2. The fourth-order valence-corrected chi connectivity index (χ4v) is 4.68.